The van der Waals surface area contributed by atoms with Crippen LogP contribution in [0.1, 0.15) is 46.4 Å². The van der Waals surface area contributed by atoms with Crippen molar-refractivity contribution in [2.75, 3.05) is 54.8 Å². The summed E-state index contributed by atoms with van der Waals surface area (Å²) in [6, 6.07) is 6.85. The summed E-state index contributed by atoms with van der Waals surface area (Å²) in [7, 11) is -6.81. The third kappa shape index (κ3) is 10.2. The van der Waals surface area contributed by atoms with Gasteiger partial charge in [-0.05, 0) is 38.8 Å². The van der Waals surface area contributed by atoms with E-state index in [2.05, 4.69) is 5.48 Å². The fourth-order valence-corrected chi connectivity index (χ4v) is 7.64. The number of ether oxygens (including phenoxy) is 3. The van der Waals surface area contributed by atoms with Gasteiger partial charge in [0.2, 0.25) is 0 Å². The third-order valence-electron chi connectivity index (χ3n) is 7.92. The number of hydroxylamine groups is 1. The van der Waals surface area contributed by atoms with Crippen LogP contribution in [0.25, 0.3) is 17.1 Å². The molecule has 4 rings (SSSR count). The van der Waals surface area contributed by atoms with Crippen LogP contribution in [0, 0.1) is 0 Å². The minimum absolute atomic E-state index is 0.0382. The molecule has 1 aliphatic heterocycles. The Hall–Kier alpha value is -3.42. The van der Waals surface area contributed by atoms with E-state index in [1.807, 2.05) is 51.0 Å². The maximum absolute atomic E-state index is 12.5. The average molecular weight is 805 g/mol. The molecule has 0 unspecified atom stereocenters. The van der Waals surface area contributed by atoms with E-state index in [1.165, 1.54) is 14.0 Å². The monoisotopic (exact) mass is 803 g/mol. The molecule has 0 aliphatic carbocycles. The van der Waals surface area contributed by atoms with Gasteiger partial charge in [0.15, 0.2) is 23.6 Å². The maximum Gasteiger partial charge on any atom is 0.308 e. The molecule has 1 aliphatic rings. The highest BCUT2D eigenvalue weighted by Crippen LogP contribution is 2.46. The molecule has 286 valence electrons. The maximum atomic E-state index is 12.5. The number of carbonyl (C=O) groups excluding carboxylic acids is 1. The van der Waals surface area contributed by atoms with Gasteiger partial charge >= 0.3 is 5.97 Å². The summed E-state index contributed by atoms with van der Waals surface area (Å²) in [5, 5.41) is 0.582. The van der Waals surface area contributed by atoms with Crippen LogP contribution >= 0.6 is 23.2 Å². The first-order valence-corrected chi connectivity index (χ1v) is 20.5. The lowest BCUT2D eigenvalue weighted by atomic mass is 10.2. The Balaban J connectivity index is 1.82. The van der Waals surface area contributed by atoms with E-state index in [1.54, 1.807) is 31.2 Å². The summed E-state index contributed by atoms with van der Waals surface area (Å²) in [6.45, 7) is 8.65. The fraction of sp³-hybridized carbons (Fsp3) is 0.455. The number of halogens is 2. The Labute approximate surface area is 314 Å². The van der Waals surface area contributed by atoms with E-state index >= 15 is 0 Å². The predicted molar refractivity (Wildman–Crippen MR) is 198 cm³/mol. The first-order valence-electron chi connectivity index (χ1n) is 16.5. The molecule has 1 N–H and O–H groups in total. The lowest BCUT2D eigenvalue weighted by Crippen LogP contribution is -2.37. The number of allylic oxidation sites excluding steroid dienone is 2. The number of benzene rings is 2. The zero-order chi connectivity index (χ0) is 38.2. The van der Waals surface area contributed by atoms with Crippen LogP contribution in [-0.4, -0.2) is 77.0 Å². The second kappa shape index (κ2) is 18.1. The van der Waals surface area contributed by atoms with Crippen LogP contribution in [0.2, 0.25) is 10.0 Å². The number of aromatic nitrogens is 2. The highest BCUT2D eigenvalue weighted by molar-refractivity contribution is 7.86. The normalized spacial score (nSPS) is 14.3. The minimum Gasteiger partial charge on any atom is -0.748 e. The zero-order valence-electron chi connectivity index (χ0n) is 29.6. The van der Waals surface area contributed by atoms with E-state index in [0.717, 1.165) is 11.2 Å². The largest absolute Gasteiger partial charge is 0.748 e. The number of carbonyl (C=O) groups is 1. The molecule has 0 saturated carbocycles. The van der Waals surface area contributed by atoms with Crippen LogP contribution in [0.5, 0.6) is 11.5 Å². The predicted octanol–water partition coefficient (Wildman–Crippen LogP) is 4.56. The second-order valence-electron chi connectivity index (χ2n) is 11.5. The molecule has 15 nitrogen and oxygen atoms in total. The van der Waals surface area contributed by atoms with Gasteiger partial charge in [-0.2, -0.15) is 18.2 Å². The minimum atomic E-state index is -4.45. The summed E-state index contributed by atoms with van der Waals surface area (Å²) in [5.41, 5.74) is 5.22. The van der Waals surface area contributed by atoms with Gasteiger partial charge in [-0.15, -0.1) is 0 Å². The number of nitrogens with zero attached hydrogens (tertiary/aromatic N) is 4. The summed E-state index contributed by atoms with van der Waals surface area (Å²) in [5.74, 6) is 0.559. The van der Waals surface area contributed by atoms with Crippen molar-refractivity contribution in [1.29, 1.82) is 0 Å². The van der Waals surface area contributed by atoms with Crippen LogP contribution in [-0.2, 0) is 47.1 Å². The van der Waals surface area contributed by atoms with Gasteiger partial charge in [0, 0.05) is 63.7 Å². The SMILES string of the molecule is CCNOS(=O)(=O)CCCN1/C(=C/C=C/c2n(CC)c3cc(Cl)c(OCOC)cc3[n+]2CCCS(=O)(=O)[O-])N(CC)c2cc(Cl)c(OC(C)=O)cc21. The fourth-order valence-electron chi connectivity index (χ4n) is 5.88. The van der Waals surface area contributed by atoms with Crippen LogP contribution < -0.4 is 29.3 Å². The summed E-state index contributed by atoms with van der Waals surface area (Å²) in [4.78, 5) is 15.7. The van der Waals surface area contributed by atoms with Gasteiger partial charge in [0.25, 0.3) is 15.9 Å². The van der Waals surface area contributed by atoms with E-state index in [-0.39, 0.29) is 49.2 Å². The van der Waals surface area contributed by atoms with Crippen molar-refractivity contribution in [2.24, 2.45) is 0 Å². The Morgan fingerprint density at radius 1 is 0.962 bits per heavy atom. The summed E-state index contributed by atoms with van der Waals surface area (Å²) < 4.78 is 84.2. The Kier molecular flexibility index (Phi) is 14.4. The average Bonchev–Trinajstić information content (AvgIpc) is 3.51. The number of hydrogen-bond acceptors (Lipinski definition) is 13. The highest BCUT2D eigenvalue weighted by atomic mass is 35.5. The molecule has 0 saturated heterocycles. The molecule has 0 fully saturated rings. The van der Waals surface area contributed by atoms with Crippen LogP contribution in [0.4, 0.5) is 11.4 Å². The topological polar surface area (TPSA) is 173 Å². The van der Waals surface area contributed by atoms with Crippen molar-refractivity contribution in [3.63, 3.8) is 0 Å². The first-order chi connectivity index (χ1) is 24.6. The van der Waals surface area contributed by atoms with Crippen molar-refractivity contribution in [1.82, 2.24) is 10.0 Å². The Morgan fingerprint density at radius 2 is 1.67 bits per heavy atom. The number of nitrogens with one attached hydrogen (secondary N) is 1. The van der Waals surface area contributed by atoms with E-state index in [4.69, 9.17) is 41.7 Å². The second-order valence-corrected chi connectivity index (χ2v) is 15.6. The van der Waals surface area contributed by atoms with Gasteiger partial charge in [-0.3, -0.25) is 4.79 Å². The van der Waals surface area contributed by atoms with Crippen LogP contribution in [0.3, 0.4) is 0 Å². The highest BCUT2D eigenvalue weighted by Gasteiger charge is 2.32. The number of aryl methyl sites for hydroxylation is 2. The number of esters is 1. The Morgan fingerprint density at radius 3 is 2.31 bits per heavy atom. The molecule has 1 aromatic heterocycles. The van der Waals surface area contributed by atoms with Crippen LogP contribution in [0.15, 0.2) is 42.2 Å². The summed E-state index contributed by atoms with van der Waals surface area (Å²) in [6.07, 6.45) is 5.79. The van der Waals surface area contributed by atoms with Gasteiger partial charge in [-0.25, -0.2) is 17.6 Å². The molecule has 0 spiro atoms. The number of methoxy groups -OCH3 is 1. The molecule has 0 bridgehead atoms. The molecule has 19 heteroatoms. The van der Waals surface area contributed by atoms with Gasteiger partial charge < -0.3 is 28.6 Å². The molecular formula is C33H43Cl2N5O10S2. The molecule has 0 radical (unpaired) electrons. The Bertz CT molecular complexity index is 2050. The standard InChI is InChI=1S/C33H43Cl2N5O10S2/c1-6-36-50-52(45,46)17-11-15-40-29-21-31(49-23(4)41)25(35)19-27(29)38(8-3)33(40)13-9-12-32-37(7-2)26-18-24(34)30(48-22-47-5)20-28(26)39(32)14-10-16-51(42,43)44/h9,12-13,18-21,36H,6-8,10-11,14-17,22H2,1-5H3. The van der Waals surface area contributed by atoms with Gasteiger partial charge in [0.05, 0.1) is 50.4 Å². The molecular weight excluding hydrogens is 761 g/mol. The molecule has 2 heterocycles. The number of imidazole rings is 1. The third-order valence-corrected chi connectivity index (χ3v) is 10.5. The van der Waals surface area contributed by atoms with Crippen molar-refractivity contribution in [3.05, 3.63) is 58.1 Å². The first kappa shape index (κ1) is 41.3. The number of rotatable bonds is 19. The molecule has 52 heavy (non-hydrogen) atoms. The smallest absolute Gasteiger partial charge is 0.308 e. The lowest BCUT2D eigenvalue weighted by Gasteiger charge is -2.24. The molecule has 0 amide bonds. The molecule has 2 aromatic carbocycles. The quantitative estimate of drug-likeness (QED) is 0.0447. The number of fused-ring (bicyclic) bond motifs is 2. The zero-order valence-corrected chi connectivity index (χ0v) is 32.7. The molecule has 3 aromatic rings. The number of anilines is 2. The van der Waals surface area contributed by atoms with E-state index < -0.39 is 32.0 Å². The molecule has 0 atom stereocenters. The lowest BCUT2D eigenvalue weighted by molar-refractivity contribution is -0.673. The van der Waals surface area contributed by atoms with E-state index in [0.29, 0.717) is 53.3 Å². The summed E-state index contributed by atoms with van der Waals surface area (Å²) >= 11 is 13.1. The van der Waals surface area contributed by atoms with E-state index in [9.17, 15) is 26.2 Å². The van der Waals surface area contributed by atoms with Crippen molar-refractivity contribution in [2.45, 2.75) is 53.6 Å². The van der Waals surface area contributed by atoms with Gasteiger partial charge in [-0.1, -0.05) is 36.2 Å². The van der Waals surface area contributed by atoms with Crippen molar-refractivity contribution in [3.8, 4) is 11.5 Å². The number of hydrogen-bond donors (Lipinski definition) is 1. The van der Waals surface area contributed by atoms with Crippen molar-refractivity contribution < 1.29 is 49.2 Å². The van der Waals surface area contributed by atoms with Crippen molar-refractivity contribution >= 4 is 77.9 Å². The van der Waals surface area contributed by atoms with Gasteiger partial charge in [0.1, 0.15) is 11.6 Å².